The Kier molecular flexibility index (Phi) is 3.06. The predicted molar refractivity (Wildman–Crippen MR) is 46.2 cm³/mol. The largest absolute Gasteiger partial charge is 0.416 e. The molecule has 0 bridgehead atoms. The fourth-order valence-corrected chi connectivity index (χ4v) is 1.02. The topological polar surface area (TPSA) is 17.1 Å². The first-order valence-corrected chi connectivity index (χ1v) is 3.76. The van der Waals surface area contributed by atoms with Gasteiger partial charge in [0.1, 0.15) is 0 Å². The van der Waals surface area contributed by atoms with Gasteiger partial charge in [0.05, 0.1) is 5.56 Å². The molecule has 0 saturated carbocycles. The maximum Gasteiger partial charge on any atom is 0.416 e. The van der Waals surface area contributed by atoms with Crippen molar-refractivity contribution in [3.05, 3.63) is 41.5 Å². The van der Waals surface area contributed by atoms with Crippen molar-refractivity contribution >= 4 is 12.4 Å². The van der Waals surface area contributed by atoms with Crippen molar-refractivity contribution in [2.24, 2.45) is 0 Å². The van der Waals surface area contributed by atoms with E-state index in [9.17, 15) is 18.0 Å². The molecule has 1 aromatic rings. The summed E-state index contributed by atoms with van der Waals surface area (Å²) in [6, 6.07) is 5.02. The summed E-state index contributed by atoms with van der Waals surface area (Å²) in [6.45, 7) is 0. The molecule has 1 rings (SSSR count). The van der Waals surface area contributed by atoms with Crippen LogP contribution in [0.25, 0.3) is 6.08 Å². The first-order chi connectivity index (χ1) is 6.55. The van der Waals surface area contributed by atoms with Crippen LogP contribution < -0.4 is 0 Å². The van der Waals surface area contributed by atoms with Crippen molar-refractivity contribution in [3.63, 3.8) is 0 Å². The van der Waals surface area contributed by atoms with Crippen LogP contribution in [0.2, 0.25) is 0 Å². The zero-order chi connectivity index (χ0) is 10.6. The highest BCUT2D eigenvalue weighted by Crippen LogP contribution is 2.32. The molecule has 14 heavy (non-hydrogen) atoms. The molecule has 0 heterocycles. The van der Waals surface area contributed by atoms with Gasteiger partial charge in [-0.05, 0) is 17.7 Å². The third kappa shape index (κ3) is 2.45. The molecule has 0 aliphatic heterocycles. The van der Waals surface area contributed by atoms with Crippen molar-refractivity contribution in [2.75, 3.05) is 0 Å². The Morgan fingerprint density at radius 3 is 2.43 bits per heavy atom. The Bertz CT molecular complexity index is 353. The summed E-state index contributed by atoms with van der Waals surface area (Å²) in [6.07, 6.45) is -1.02. The highest BCUT2D eigenvalue weighted by Gasteiger charge is 2.32. The van der Waals surface area contributed by atoms with Gasteiger partial charge in [0.2, 0.25) is 6.29 Å². The molecular formula is C10H6F3O. The van der Waals surface area contributed by atoms with Gasteiger partial charge in [0.25, 0.3) is 0 Å². The predicted octanol–water partition coefficient (Wildman–Crippen LogP) is 2.83. The van der Waals surface area contributed by atoms with Gasteiger partial charge in [-0.1, -0.05) is 24.3 Å². The van der Waals surface area contributed by atoms with Gasteiger partial charge in [-0.25, -0.2) is 0 Å². The Morgan fingerprint density at radius 2 is 1.86 bits per heavy atom. The summed E-state index contributed by atoms with van der Waals surface area (Å²) in [4.78, 5) is 9.85. The monoisotopic (exact) mass is 199 g/mol. The van der Waals surface area contributed by atoms with E-state index < -0.39 is 11.7 Å². The van der Waals surface area contributed by atoms with Crippen LogP contribution in [0.4, 0.5) is 13.2 Å². The summed E-state index contributed by atoms with van der Waals surface area (Å²) in [5, 5.41) is 0. The third-order valence-corrected chi connectivity index (χ3v) is 1.60. The normalized spacial score (nSPS) is 11.9. The molecule has 0 aliphatic rings. The molecule has 0 aromatic heterocycles. The van der Waals surface area contributed by atoms with Crippen molar-refractivity contribution in [1.82, 2.24) is 0 Å². The zero-order valence-electron chi connectivity index (χ0n) is 7.01. The second-order valence-corrected chi connectivity index (χ2v) is 2.54. The van der Waals surface area contributed by atoms with Gasteiger partial charge in [0.15, 0.2) is 0 Å². The van der Waals surface area contributed by atoms with E-state index in [0.717, 1.165) is 18.2 Å². The van der Waals surface area contributed by atoms with E-state index in [1.54, 1.807) is 0 Å². The fourth-order valence-electron chi connectivity index (χ4n) is 1.02. The van der Waals surface area contributed by atoms with Crippen LogP contribution in [0, 0.1) is 0 Å². The quantitative estimate of drug-likeness (QED) is 0.669. The maximum absolute atomic E-state index is 12.3. The lowest BCUT2D eigenvalue weighted by molar-refractivity contribution is -0.137. The number of hydrogen-bond donors (Lipinski definition) is 0. The Labute approximate surface area is 78.9 Å². The Hall–Kier alpha value is -1.58. The molecular weight excluding hydrogens is 193 g/mol. The molecule has 0 spiro atoms. The second-order valence-electron chi connectivity index (χ2n) is 2.54. The van der Waals surface area contributed by atoms with Crippen molar-refractivity contribution in [2.45, 2.75) is 6.18 Å². The van der Waals surface area contributed by atoms with E-state index in [4.69, 9.17) is 0 Å². The number of rotatable bonds is 2. The SMILES string of the molecule is O=[C]/C=C/c1ccccc1C(F)(F)F. The van der Waals surface area contributed by atoms with Gasteiger partial charge >= 0.3 is 6.18 Å². The molecule has 0 amide bonds. The highest BCUT2D eigenvalue weighted by molar-refractivity contribution is 5.75. The lowest BCUT2D eigenvalue weighted by Crippen LogP contribution is -2.06. The molecule has 0 unspecified atom stereocenters. The van der Waals surface area contributed by atoms with Crippen LogP contribution >= 0.6 is 0 Å². The average molecular weight is 199 g/mol. The van der Waals surface area contributed by atoms with Gasteiger partial charge in [0, 0.05) is 0 Å². The van der Waals surface area contributed by atoms with E-state index in [0.29, 0.717) is 0 Å². The minimum Gasteiger partial charge on any atom is -0.286 e. The van der Waals surface area contributed by atoms with Crippen molar-refractivity contribution in [3.8, 4) is 0 Å². The number of halogens is 3. The van der Waals surface area contributed by atoms with E-state index >= 15 is 0 Å². The van der Waals surface area contributed by atoms with Crippen LogP contribution in [-0.2, 0) is 11.0 Å². The smallest absolute Gasteiger partial charge is 0.286 e. The van der Waals surface area contributed by atoms with E-state index in [1.165, 1.54) is 24.5 Å². The van der Waals surface area contributed by atoms with Gasteiger partial charge < -0.3 is 0 Å². The standard InChI is InChI=1S/C10H6F3O/c11-10(12,13)9-6-2-1-4-8(9)5-3-7-14/h1-6H/b5-3+. The van der Waals surface area contributed by atoms with Crippen LogP contribution in [0.3, 0.4) is 0 Å². The highest BCUT2D eigenvalue weighted by atomic mass is 19.4. The number of benzene rings is 1. The van der Waals surface area contributed by atoms with E-state index in [-0.39, 0.29) is 5.56 Å². The second kappa shape index (κ2) is 4.09. The molecule has 1 nitrogen and oxygen atoms in total. The summed E-state index contributed by atoms with van der Waals surface area (Å²) in [5.41, 5.74) is -0.796. The molecule has 4 heteroatoms. The first kappa shape index (κ1) is 10.5. The van der Waals surface area contributed by atoms with Crippen molar-refractivity contribution < 1.29 is 18.0 Å². The van der Waals surface area contributed by atoms with E-state index in [2.05, 4.69) is 0 Å². The maximum atomic E-state index is 12.3. The molecule has 1 radical (unpaired) electrons. The van der Waals surface area contributed by atoms with Crippen LogP contribution in [0.5, 0.6) is 0 Å². The van der Waals surface area contributed by atoms with Gasteiger partial charge in [-0.15, -0.1) is 0 Å². The Morgan fingerprint density at radius 1 is 1.21 bits per heavy atom. The third-order valence-electron chi connectivity index (χ3n) is 1.60. The molecule has 0 saturated heterocycles. The van der Waals surface area contributed by atoms with Gasteiger partial charge in [-0.2, -0.15) is 13.2 Å². The number of allylic oxidation sites excluding steroid dienone is 1. The van der Waals surface area contributed by atoms with Crippen molar-refractivity contribution in [1.29, 1.82) is 0 Å². The minimum atomic E-state index is -4.40. The lowest BCUT2D eigenvalue weighted by Gasteiger charge is -2.09. The molecule has 0 fully saturated rings. The summed E-state index contributed by atoms with van der Waals surface area (Å²) in [7, 11) is 0. The summed E-state index contributed by atoms with van der Waals surface area (Å²) < 4.78 is 37.0. The van der Waals surface area contributed by atoms with Crippen LogP contribution in [0.1, 0.15) is 11.1 Å². The molecule has 0 aliphatic carbocycles. The number of carbonyl (C=O) groups excluding carboxylic acids is 1. The van der Waals surface area contributed by atoms with Crippen LogP contribution in [-0.4, -0.2) is 6.29 Å². The zero-order valence-corrected chi connectivity index (χ0v) is 7.01. The average Bonchev–Trinajstić information content (AvgIpc) is 2.14. The minimum absolute atomic E-state index is 0.0386. The number of alkyl halides is 3. The Balaban J connectivity index is 3.16. The molecule has 73 valence electrons. The van der Waals surface area contributed by atoms with Crippen LogP contribution in [0.15, 0.2) is 30.3 Å². The van der Waals surface area contributed by atoms with Gasteiger partial charge in [-0.3, -0.25) is 4.79 Å². The number of hydrogen-bond acceptors (Lipinski definition) is 1. The molecule has 0 atom stereocenters. The molecule has 0 N–H and O–H groups in total. The lowest BCUT2D eigenvalue weighted by atomic mass is 10.1. The van der Waals surface area contributed by atoms with E-state index in [1.807, 2.05) is 0 Å². The molecule has 1 aromatic carbocycles. The summed E-state index contributed by atoms with van der Waals surface area (Å²) >= 11 is 0. The summed E-state index contributed by atoms with van der Waals surface area (Å²) in [5.74, 6) is 0. The fraction of sp³-hybridized carbons (Fsp3) is 0.100. The first-order valence-electron chi connectivity index (χ1n) is 3.76.